The quantitative estimate of drug-likeness (QED) is 0.445. The van der Waals surface area contributed by atoms with Crippen LogP contribution in [-0.4, -0.2) is 12.4 Å². The molecule has 11 heavy (non-hydrogen) atoms. The van der Waals surface area contributed by atoms with E-state index in [-0.39, 0.29) is 0 Å². The van der Waals surface area contributed by atoms with Gasteiger partial charge in [-0.05, 0) is 18.8 Å². The Morgan fingerprint density at radius 2 is 2.09 bits per heavy atom. The smallest absolute Gasteiger partial charge is 0.202 e. The van der Waals surface area contributed by atoms with Gasteiger partial charge < -0.3 is 4.74 Å². The average Bonchev–Trinajstić information content (AvgIpc) is 2.62. The summed E-state index contributed by atoms with van der Waals surface area (Å²) in [6.07, 6.45) is 3.63. The summed E-state index contributed by atoms with van der Waals surface area (Å²) in [6, 6.07) is 0. The van der Waals surface area contributed by atoms with Crippen LogP contribution in [0.25, 0.3) is 0 Å². The minimum absolute atomic E-state index is 0.654. The Morgan fingerprint density at radius 3 is 2.55 bits per heavy atom. The van der Waals surface area contributed by atoms with Gasteiger partial charge in [-0.3, -0.25) is 0 Å². The molecule has 2 heteroatoms. The third kappa shape index (κ3) is 3.73. The van der Waals surface area contributed by atoms with Gasteiger partial charge in [0.1, 0.15) is 0 Å². The van der Waals surface area contributed by atoms with Gasteiger partial charge in [-0.1, -0.05) is 13.8 Å². The molecule has 0 bridgehead atoms. The third-order valence-corrected chi connectivity index (χ3v) is 1.95. The molecule has 1 radical (unpaired) electrons. The first-order chi connectivity index (χ1) is 5.12. The van der Waals surface area contributed by atoms with E-state index in [0.29, 0.717) is 19.4 Å². The summed E-state index contributed by atoms with van der Waals surface area (Å²) in [5.41, 5.74) is 0. The predicted octanol–water partition coefficient (Wildman–Crippen LogP) is 2.36. The molecule has 1 aliphatic rings. The van der Waals surface area contributed by atoms with E-state index in [1.165, 1.54) is 0 Å². The zero-order valence-electron chi connectivity index (χ0n) is 7.43. The van der Waals surface area contributed by atoms with E-state index in [9.17, 15) is 5.11 Å². The van der Waals surface area contributed by atoms with Gasteiger partial charge in [-0.15, -0.1) is 0 Å². The minimum atomic E-state index is -0.961. The zero-order chi connectivity index (χ0) is 8.32. The van der Waals surface area contributed by atoms with Crippen LogP contribution in [0.2, 0.25) is 0 Å². The molecule has 0 aromatic rings. The van der Waals surface area contributed by atoms with Gasteiger partial charge >= 0.3 is 0 Å². The molecule has 0 saturated heterocycles. The average molecular weight is 157 g/mol. The van der Waals surface area contributed by atoms with Crippen LogP contribution in [0.4, 0.5) is 0 Å². The first kappa shape index (κ1) is 9.01. The fourth-order valence-electron chi connectivity index (χ4n) is 0.996. The Bertz CT molecular complexity index is 117. The van der Waals surface area contributed by atoms with Crippen molar-refractivity contribution in [3.63, 3.8) is 0 Å². The van der Waals surface area contributed by atoms with Gasteiger partial charge in [0.05, 0.1) is 6.61 Å². The largest absolute Gasteiger partial charge is 0.347 e. The van der Waals surface area contributed by atoms with Gasteiger partial charge in [0.2, 0.25) is 5.79 Å². The standard InChI is InChI=1S/C9H17O2/c1-8(2)4-3-7-11-9(10)5-6-9/h8H,3-7H2,1-2H3. The van der Waals surface area contributed by atoms with Crippen LogP contribution in [0.15, 0.2) is 0 Å². The van der Waals surface area contributed by atoms with E-state index < -0.39 is 5.79 Å². The summed E-state index contributed by atoms with van der Waals surface area (Å²) in [4.78, 5) is 0. The lowest BCUT2D eigenvalue weighted by Gasteiger charge is -2.08. The molecule has 0 atom stereocenters. The van der Waals surface area contributed by atoms with Crippen LogP contribution in [0.3, 0.4) is 0 Å². The van der Waals surface area contributed by atoms with E-state index in [1.807, 2.05) is 0 Å². The SMILES string of the molecule is CC(C)CCCOC1([O])CC1. The summed E-state index contributed by atoms with van der Waals surface area (Å²) in [6.45, 7) is 5.02. The van der Waals surface area contributed by atoms with Crippen molar-refractivity contribution in [2.24, 2.45) is 5.92 Å². The van der Waals surface area contributed by atoms with Crippen molar-refractivity contribution in [2.75, 3.05) is 6.61 Å². The molecule has 0 N–H and O–H groups in total. The first-order valence-electron chi connectivity index (χ1n) is 4.47. The molecular weight excluding hydrogens is 140 g/mol. The van der Waals surface area contributed by atoms with Gasteiger partial charge in [-0.2, -0.15) is 5.11 Å². The first-order valence-corrected chi connectivity index (χ1v) is 4.47. The topological polar surface area (TPSA) is 29.1 Å². The third-order valence-electron chi connectivity index (χ3n) is 1.95. The second-order valence-corrected chi connectivity index (χ2v) is 3.80. The van der Waals surface area contributed by atoms with Crippen LogP contribution >= 0.6 is 0 Å². The van der Waals surface area contributed by atoms with Crippen molar-refractivity contribution in [3.8, 4) is 0 Å². The van der Waals surface area contributed by atoms with Crippen molar-refractivity contribution in [1.82, 2.24) is 0 Å². The van der Waals surface area contributed by atoms with E-state index in [0.717, 1.165) is 18.8 Å². The number of ether oxygens (including phenoxy) is 1. The van der Waals surface area contributed by atoms with Crippen molar-refractivity contribution >= 4 is 0 Å². The highest BCUT2D eigenvalue weighted by Gasteiger charge is 2.44. The number of hydrogen-bond acceptors (Lipinski definition) is 1. The van der Waals surface area contributed by atoms with Crippen LogP contribution in [0.5, 0.6) is 0 Å². The lowest BCUT2D eigenvalue weighted by atomic mass is 10.1. The summed E-state index contributed by atoms with van der Waals surface area (Å²) in [7, 11) is 0. The molecule has 0 heterocycles. The molecule has 0 spiro atoms. The van der Waals surface area contributed by atoms with E-state index in [1.54, 1.807) is 0 Å². The number of hydrogen-bond donors (Lipinski definition) is 0. The molecule has 0 amide bonds. The lowest BCUT2D eigenvalue weighted by Crippen LogP contribution is -2.11. The maximum atomic E-state index is 11.0. The Morgan fingerprint density at radius 1 is 1.45 bits per heavy atom. The van der Waals surface area contributed by atoms with E-state index in [4.69, 9.17) is 4.74 Å². The van der Waals surface area contributed by atoms with Crippen LogP contribution < -0.4 is 0 Å². The molecule has 0 unspecified atom stereocenters. The van der Waals surface area contributed by atoms with Crippen molar-refractivity contribution < 1.29 is 9.84 Å². The van der Waals surface area contributed by atoms with E-state index in [2.05, 4.69) is 13.8 Å². The normalized spacial score (nSPS) is 20.7. The van der Waals surface area contributed by atoms with Gasteiger partial charge in [0.25, 0.3) is 0 Å². The van der Waals surface area contributed by atoms with Crippen molar-refractivity contribution in [1.29, 1.82) is 0 Å². The zero-order valence-corrected chi connectivity index (χ0v) is 7.43. The molecular formula is C9H17O2. The fraction of sp³-hybridized carbons (Fsp3) is 1.00. The highest BCUT2D eigenvalue weighted by Crippen LogP contribution is 2.37. The Kier molecular flexibility index (Phi) is 2.90. The number of rotatable bonds is 5. The predicted molar refractivity (Wildman–Crippen MR) is 42.7 cm³/mol. The van der Waals surface area contributed by atoms with Gasteiger partial charge in [-0.25, -0.2) is 0 Å². The van der Waals surface area contributed by atoms with Gasteiger partial charge in [0.15, 0.2) is 0 Å². The van der Waals surface area contributed by atoms with Crippen molar-refractivity contribution in [2.45, 2.75) is 45.3 Å². The van der Waals surface area contributed by atoms with E-state index >= 15 is 0 Å². The summed E-state index contributed by atoms with van der Waals surface area (Å²) in [5, 5.41) is 11.0. The molecule has 1 rings (SSSR count). The lowest BCUT2D eigenvalue weighted by molar-refractivity contribution is -0.166. The van der Waals surface area contributed by atoms with Crippen LogP contribution in [0, 0.1) is 5.92 Å². The Labute approximate surface area is 68.6 Å². The second kappa shape index (κ2) is 3.55. The molecule has 1 saturated carbocycles. The molecule has 2 nitrogen and oxygen atoms in total. The monoisotopic (exact) mass is 157 g/mol. The second-order valence-electron chi connectivity index (χ2n) is 3.80. The summed E-state index contributed by atoms with van der Waals surface area (Å²) >= 11 is 0. The fourth-order valence-corrected chi connectivity index (χ4v) is 0.996. The maximum absolute atomic E-state index is 11.0. The van der Waals surface area contributed by atoms with Crippen LogP contribution in [0.1, 0.15) is 39.5 Å². The van der Waals surface area contributed by atoms with Gasteiger partial charge in [0, 0.05) is 12.8 Å². The highest BCUT2D eigenvalue weighted by molar-refractivity contribution is 4.82. The molecule has 0 aliphatic heterocycles. The van der Waals surface area contributed by atoms with Crippen molar-refractivity contribution in [3.05, 3.63) is 0 Å². The molecule has 65 valence electrons. The Balaban J connectivity index is 1.88. The molecule has 1 aliphatic carbocycles. The maximum Gasteiger partial charge on any atom is 0.202 e. The van der Waals surface area contributed by atoms with Crippen LogP contribution in [-0.2, 0) is 9.84 Å². The highest BCUT2D eigenvalue weighted by atomic mass is 16.6. The summed E-state index contributed by atoms with van der Waals surface area (Å²) < 4.78 is 5.14. The molecule has 1 fully saturated rings. The minimum Gasteiger partial charge on any atom is -0.347 e. The summed E-state index contributed by atoms with van der Waals surface area (Å²) in [5.74, 6) is -0.239. The molecule has 0 aromatic carbocycles. The molecule has 0 aromatic heterocycles. The Hall–Kier alpha value is -0.0800.